The molecular formula is C35H39N5OS. The van der Waals surface area contributed by atoms with Gasteiger partial charge in [0.05, 0.1) is 6.04 Å². The summed E-state index contributed by atoms with van der Waals surface area (Å²) in [6.45, 7) is 2.09. The standard InChI is InChI=1S/C35H39N5OS/c1-24-12-14-30(15-13-24)40-32(38-39-34(40)42-23-26-10-6-3-7-11-26)31(19-25-8-4-2-5-9-25)36-33(41)37-35-20-27-16-28(21-35)18-29(17-27)22-35/h2-15,27-29,31H,16-23H2,1H3,(H2,36,37,41). The number of carbonyl (C=O) groups excluding carboxylic acids is 1. The minimum absolute atomic E-state index is 0.0581. The summed E-state index contributed by atoms with van der Waals surface area (Å²) in [4.78, 5) is 13.8. The number of amides is 2. The molecule has 4 aliphatic carbocycles. The van der Waals surface area contributed by atoms with E-state index < -0.39 is 0 Å². The number of carbonyl (C=O) groups is 1. The van der Waals surface area contributed by atoms with Crippen LogP contribution >= 0.6 is 11.8 Å². The third-order valence-electron chi connectivity index (χ3n) is 9.48. The molecule has 6 nitrogen and oxygen atoms in total. The maximum absolute atomic E-state index is 13.8. The third-order valence-corrected chi connectivity index (χ3v) is 10.5. The maximum atomic E-state index is 13.8. The van der Waals surface area contributed by atoms with Crippen LogP contribution in [0.3, 0.4) is 0 Å². The molecule has 4 aliphatic rings. The first-order valence-electron chi connectivity index (χ1n) is 15.3. The Labute approximate surface area is 252 Å². The number of aromatic nitrogens is 3. The molecule has 8 rings (SSSR count). The van der Waals surface area contributed by atoms with E-state index in [1.54, 1.807) is 11.8 Å². The molecule has 1 unspecified atom stereocenters. The highest BCUT2D eigenvalue weighted by Gasteiger charge is 2.51. The van der Waals surface area contributed by atoms with Crippen LogP contribution in [0.4, 0.5) is 4.79 Å². The lowest BCUT2D eigenvalue weighted by Crippen LogP contribution is -2.61. The van der Waals surface area contributed by atoms with E-state index in [-0.39, 0.29) is 17.6 Å². The Bertz CT molecular complexity index is 1480. The molecule has 42 heavy (non-hydrogen) atoms. The number of urea groups is 1. The van der Waals surface area contributed by atoms with Crippen molar-refractivity contribution < 1.29 is 4.79 Å². The zero-order chi connectivity index (χ0) is 28.5. The summed E-state index contributed by atoms with van der Waals surface area (Å²) in [7, 11) is 0. The molecule has 0 saturated heterocycles. The number of aryl methyl sites for hydroxylation is 1. The van der Waals surface area contributed by atoms with E-state index in [0.717, 1.165) is 65.0 Å². The van der Waals surface area contributed by atoms with E-state index in [1.807, 2.05) is 24.3 Å². The lowest BCUT2D eigenvalue weighted by Gasteiger charge is -2.56. The predicted molar refractivity (Wildman–Crippen MR) is 168 cm³/mol. The first-order chi connectivity index (χ1) is 20.5. The minimum Gasteiger partial charge on any atom is -0.333 e. The Balaban J connectivity index is 1.20. The number of nitrogens with one attached hydrogen (secondary N) is 2. The number of benzene rings is 3. The van der Waals surface area contributed by atoms with E-state index in [1.165, 1.54) is 30.4 Å². The molecule has 0 radical (unpaired) electrons. The molecule has 4 bridgehead atoms. The quantitative estimate of drug-likeness (QED) is 0.203. The van der Waals surface area contributed by atoms with Crippen LogP contribution in [0.1, 0.15) is 67.1 Å². The summed E-state index contributed by atoms with van der Waals surface area (Å²) < 4.78 is 2.13. The maximum Gasteiger partial charge on any atom is 0.315 e. The van der Waals surface area contributed by atoms with Gasteiger partial charge in [-0.15, -0.1) is 10.2 Å². The average molecular weight is 578 g/mol. The van der Waals surface area contributed by atoms with Gasteiger partial charge in [0.1, 0.15) is 0 Å². The van der Waals surface area contributed by atoms with E-state index in [9.17, 15) is 4.79 Å². The van der Waals surface area contributed by atoms with Crippen molar-refractivity contribution in [1.29, 1.82) is 0 Å². The van der Waals surface area contributed by atoms with E-state index in [2.05, 4.69) is 87.9 Å². The summed E-state index contributed by atoms with van der Waals surface area (Å²) in [5.74, 6) is 3.84. The van der Waals surface area contributed by atoms with Crippen LogP contribution in [0.15, 0.2) is 90.1 Å². The van der Waals surface area contributed by atoms with Crippen molar-refractivity contribution in [3.05, 3.63) is 107 Å². The molecule has 1 atom stereocenters. The molecule has 4 saturated carbocycles. The Morgan fingerprint density at radius 1 is 0.857 bits per heavy atom. The average Bonchev–Trinajstić information content (AvgIpc) is 3.40. The molecule has 216 valence electrons. The topological polar surface area (TPSA) is 71.8 Å². The number of hydrogen-bond acceptors (Lipinski definition) is 4. The molecule has 4 aromatic rings. The van der Waals surface area contributed by atoms with Crippen LogP contribution in [-0.2, 0) is 12.2 Å². The van der Waals surface area contributed by atoms with Gasteiger partial charge in [-0.25, -0.2) is 4.79 Å². The first kappa shape index (κ1) is 27.3. The molecule has 0 aliphatic heterocycles. The normalized spacial score (nSPS) is 24.8. The van der Waals surface area contributed by atoms with Crippen molar-refractivity contribution in [2.75, 3.05) is 0 Å². The fourth-order valence-corrected chi connectivity index (χ4v) is 8.93. The van der Waals surface area contributed by atoms with Crippen LogP contribution in [-0.4, -0.2) is 26.3 Å². The number of nitrogens with zero attached hydrogens (tertiary/aromatic N) is 3. The third kappa shape index (κ3) is 5.84. The number of hydrogen-bond donors (Lipinski definition) is 2. The predicted octanol–water partition coefficient (Wildman–Crippen LogP) is 7.42. The zero-order valence-electron chi connectivity index (χ0n) is 24.2. The van der Waals surface area contributed by atoms with Crippen molar-refractivity contribution in [3.8, 4) is 5.69 Å². The highest BCUT2D eigenvalue weighted by atomic mass is 32.2. The highest BCUT2D eigenvalue weighted by Crippen LogP contribution is 2.55. The second kappa shape index (κ2) is 11.6. The minimum atomic E-state index is -0.346. The largest absolute Gasteiger partial charge is 0.333 e. The van der Waals surface area contributed by atoms with Gasteiger partial charge in [-0.3, -0.25) is 4.57 Å². The molecule has 4 fully saturated rings. The molecule has 2 N–H and O–H groups in total. The SMILES string of the molecule is Cc1ccc(-n2c(SCc3ccccc3)nnc2C(Cc2ccccc2)NC(=O)NC23CC4CC(CC(C4)C2)C3)cc1. The first-order valence-corrected chi connectivity index (χ1v) is 16.3. The van der Waals surface area contributed by atoms with Gasteiger partial charge in [0, 0.05) is 23.4 Å². The summed E-state index contributed by atoms with van der Waals surface area (Å²) in [6, 6.07) is 28.8. The zero-order valence-corrected chi connectivity index (χ0v) is 25.0. The summed E-state index contributed by atoms with van der Waals surface area (Å²) in [6.07, 6.45) is 8.04. The van der Waals surface area contributed by atoms with Crippen molar-refractivity contribution in [2.24, 2.45) is 17.8 Å². The lowest BCUT2D eigenvalue weighted by atomic mass is 9.53. The Morgan fingerprint density at radius 3 is 2.07 bits per heavy atom. The van der Waals surface area contributed by atoms with Gasteiger partial charge >= 0.3 is 6.03 Å². The van der Waals surface area contributed by atoms with Gasteiger partial charge in [0.2, 0.25) is 0 Å². The van der Waals surface area contributed by atoms with Gasteiger partial charge in [0.15, 0.2) is 11.0 Å². The van der Waals surface area contributed by atoms with E-state index in [0.29, 0.717) is 6.42 Å². The molecule has 3 aromatic carbocycles. The van der Waals surface area contributed by atoms with Gasteiger partial charge in [-0.05, 0) is 86.5 Å². The Kier molecular flexibility index (Phi) is 7.53. The van der Waals surface area contributed by atoms with Crippen LogP contribution in [0.25, 0.3) is 5.69 Å². The summed E-state index contributed by atoms with van der Waals surface area (Å²) in [5, 5.41) is 17.2. The Hall–Kier alpha value is -3.58. The number of rotatable bonds is 9. The van der Waals surface area contributed by atoms with E-state index >= 15 is 0 Å². The van der Waals surface area contributed by atoms with Gasteiger partial charge in [-0.1, -0.05) is 90.1 Å². The monoisotopic (exact) mass is 577 g/mol. The molecule has 1 heterocycles. The summed E-state index contributed by atoms with van der Waals surface area (Å²) >= 11 is 1.67. The van der Waals surface area contributed by atoms with Crippen molar-refractivity contribution in [1.82, 2.24) is 25.4 Å². The fraction of sp³-hybridized carbons (Fsp3) is 0.400. The van der Waals surface area contributed by atoms with E-state index in [4.69, 9.17) is 5.10 Å². The smallest absolute Gasteiger partial charge is 0.315 e. The molecule has 2 amide bonds. The van der Waals surface area contributed by atoms with Gasteiger partial charge in [0.25, 0.3) is 0 Å². The van der Waals surface area contributed by atoms with Crippen LogP contribution in [0.5, 0.6) is 0 Å². The van der Waals surface area contributed by atoms with Crippen molar-refractivity contribution >= 4 is 17.8 Å². The van der Waals surface area contributed by atoms with Crippen LogP contribution in [0, 0.1) is 24.7 Å². The van der Waals surface area contributed by atoms with Crippen molar-refractivity contribution in [3.63, 3.8) is 0 Å². The molecule has 0 spiro atoms. The molecule has 7 heteroatoms. The second-order valence-electron chi connectivity index (χ2n) is 12.8. The fourth-order valence-electron chi connectivity index (χ4n) is 8.01. The highest BCUT2D eigenvalue weighted by molar-refractivity contribution is 7.98. The van der Waals surface area contributed by atoms with Crippen LogP contribution < -0.4 is 10.6 Å². The second-order valence-corrected chi connectivity index (χ2v) is 13.8. The number of thioether (sulfide) groups is 1. The van der Waals surface area contributed by atoms with Gasteiger partial charge in [-0.2, -0.15) is 0 Å². The molecule has 1 aromatic heterocycles. The lowest BCUT2D eigenvalue weighted by molar-refractivity contribution is -0.0136. The van der Waals surface area contributed by atoms with Crippen molar-refractivity contribution in [2.45, 2.75) is 74.4 Å². The van der Waals surface area contributed by atoms with Crippen LogP contribution in [0.2, 0.25) is 0 Å². The Morgan fingerprint density at radius 2 is 1.45 bits per heavy atom. The van der Waals surface area contributed by atoms with Gasteiger partial charge < -0.3 is 10.6 Å². The summed E-state index contributed by atoms with van der Waals surface area (Å²) in [5.41, 5.74) is 4.52. The molecular weight excluding hydrogens is 538 g/mol.